The van der Waals surface area contributed by atoms with Crippen LogP contribution in [0.15, 0.2) is 66.9 Å². The molecule has 0 radical (unpaired) electrons. The fourth-order valence-corrected chi connectivity index (χ4v) is 2.63. The highest BCUT2D eigenvalue weighted by Crippen LogP contribution is 2.15. The lowest BCUT2D eigenvalue weighted by molar-refractivity contribution is -0.115. The smallest absolute Gasteiger partial charge is 0.228 e. The van der Waals surface area contributed by atoms with Crippen LogP contribution in [-0.4, -0.2) is 18.0 Å². The van der Waals surface area contributed by atoms with E-state index in [1.165, 1.54) is 0 Å². The van der Waals surface area contributed by atoms with Gasteiger partial charge in [-0.05, 0) is 47.5 Å². The van der Waals surface area contributed by atoms with E-state index in [1.807, 2.05) is 48.5 Å². The van der Waals surface area contributed by atoms with Crippen LogP contribution in [0.3, 0.4) is 0 Å². The van der Waals surface area contributed by atoms with Gasteiger partial charge in [0.05, 0.1) is 25.4 Å². The van der Waals surface area contributed by atoms with Crippen molar-refractivity contribution in [1.29, 1.82) is 0 Å². The van der Waals surface area contributed by atoms with Gasteiger partial charge in [-0.15, -0.1) is 0 Å². The summed E-state index contributed by atoms with van der Waals surface area (Å²) < 4.78 is 5.15. The number of nitrogens with zero attached hydrogens (tertiary/aromatic N) is 1. The topological polar surface area (TPSA) is 63.2 Å². The Morgan fingerprint density at radius 3 is 2.33 bits per heavy atom. The summed E-state index contributed by atoms with van der Waals surface area (Å²) in [5.74, 6) is 1.47. The van der Waals surface area contributed by atoms with Crippen molar-refractivity contribution in [2.45, 2.75) is 13.0 Å². The molecule has 0 aliphatic heterocycles. The highest BCUT2D eigenvalue weighted by Gasteiger charge is 2.05. The predicted octanol–water partition coefficient (Wildman–Crippen LogP) is 4.54. The first-order valence-corrected chi connectivity index (χ1v) is 8.87. The van der Waals surface area contributed by atoms with Crippen molar-refractivity contribution < 1.29 is 9.53 Å². The molecule has 6 heteroatoms. The van der Waals surface area contributed by atoms with Gasteiger partial charge >= 0.3 is 0 Å². The van der Waals surface area contributed by atoms with Gasteiger partial charge in [-0.2, -0.15) is 0 Å². The SMILES string of the molecule is COc1ccc(CNc2ccc(NC(=O)Cc3ccc(Cl)cc3)cn2)cc1. The maximum Gasteiger partial charge on any atom is 0.228 e. The lowest BCUT2D eigenvalue weighted by atomic mass is 10.1. The first-order chi connectivity index (χ1) is 13.1. The van der Waals surface area contributed by atoms with Crippen LogP contribution in [0.25, 0.3) is 0 Å². The number of nitrogens with one attached hydrogen (secondary N) is 2. The minimum absolute atomic E-state index is 0.0990. The number of carbonyl (C=O) groups excluding carboxylic acids is 1. The van der Waals surface area contributed by atoms with Crippen LogP contribution in [0.2, 0.25) is 5.02 Å². The zero-order valence-electron chi connectivity index (χ0n) is 14.9. The number of aromatic nitrogens is 1. The first-order valence-electron chi connectivity index (χ1n) is 8.49. The van der Waals surface area contributed by atoms with E-state index in [-0.39, 0.29) is 12.3 Å². The summed E-state index contributed by atoms with van der Waals surface area (Å²) in [5.41, 5.74) is 2.68. The third-order valence-corrected chi connectivity index (χ3v) is 4.21. The van der Waals surface area contributed by atoms with Gasteiger partial charge in [0.15, 0.2) is 0 Å². The van der Waals surface area contributed by atoms with Crippen molar-refractivity contribution in [3.63, 3.8) is 0 Å². The van der Waals surface area contributed by atoms with Crippen LogP contribution in [0, 0.1) is 0 Å². The molecule has 0 saturated carbocycles. The van der Waals surface area contributed by atoms with Gasteiger partial charge in [0.25, 0.3) is 0 Å². The van der Waals surface area contributed by atoms with Crippen molar-refractivity contribution in [3.05, 3.63) is 83.0 Å². The van der Waals surface area contributed by atoms with E-state index in [9.17, 15) is 4.79 Å². The first kappa shape index (κ1) is 18.7. The standard InChI is InChI=1S/C21H20ClN3O2/c1-27-19-9-4-16(5-10-19)13-23-20-11-8-18(14-24-20)25-21(26)12-15-2-6-17(22)7-3-15/h2-11,14H,12-13H2,1H3,(H,23,24)(H,25,26). The Hall–Kier alpha value is -3.05. The van der Waals surface area contributed by atoms with Crippen LogP contribution in [-0.2, 0) is 17.8 Å². The highest BCUT2D eigenvalue weighted by atomic mass is 35.5. The second kappa shape index (κ2) is 9.05. The maximum atomic E-state index is 12.1. The molecule has 0 saturated heterocycles. The second-order valence-electron chi connectivity index (χ2n) is 5.99. The summed E-state index contributed by atoms with van der Waals surface area (Å²) in [6.07, 6.45) is 1.92. The molecular weight excluding hydrogens is 362 g/mol. The molecule has 0 spiro atoms. The molecule has 138 valence electrons. The van der Waals surface area contributed by atoms with Crippen molar-refractivity contribution in [3.8, 4) is 5.75 Å². The van der Waals surface area contributed by atoms with Gasteiger partial charge in [0.2, 0.25) is 5.91 Å². The number of halogens is 1. The van der Waals surface area contributed by atoms with E-state index in [2.05, 4.69) is 15.6 Å². The molecule has 0 bridgehead atoms. The summed E-state index contributed by atoms with van der Waals surface area (Å²) in [6, 6.07) is 18.7. The second-order valence-corrected chi connectivity index (χ2v) is 6.42. The lowest BCUT2D eigenvalue weighted by Crippen LogP contribution is -2.14. The van der Waals surface area contributed by atoms with Gasteiger partial charge in [-0.25, -0.2) is 4.98 Å². The Morgan fingerprint density at radius 1 is 1.00 bits per heavy atom. The van der Waals surface area contributed by atoms with Crippen molar-refractivity contribution in [2.75, 3.05) is 17.7 Å². The van der Waals surface area contributed by atoms with E-state index in [0.717, 1.165) is 22.7 Å². The molecular formula is C21H20ClN3O2. The van der Waals surface area contributed by atoms with E-state index < -0.39 is 0 Å². The summed E-state index contributed by atoms with van der Waals surface area (Å²) in [5, 5.41) is 6.74. The normalized spacial score (nSPS) is 10.3. The highest BCUT2D eigenvalue weighted by molar-refractivity contribution is 6.30. The zero-order chi connectivity index (χ0) is 19.1. The fraction of sp³-hybridized carbons (Fsp3) is 0.143. The summed E-state index contributed by atoms with van der Waals surface area (Å²) in [6.45, 7) is 0.652. The average molecular weight is 382 g/mol. The molecule has 0 fully saturated rings. The number of rotatable bonds is 7. The molecule has 0 aliphatic carbocycles. The summed E-state index contributed by atoms with van der Waals surface area (Å²) in [7, 11) is 1.65. The van der Waals surface area contributed by atoms with E-state index in [1.54, 1.807) is 25.4 Å². The molecule has 2 N–H and O–H groups in total. The van der Waals surface area contributed by atoms with Crippen LogP contribution in [0.4, 0.5) is 11.5 Å². The monoisotopic (exact) mass is 381 g/mol. The maximum absolute atomic E-state index is 12.1. The fourth-order valence-electron chi connectivity index (χ4n) is 2.50. The minimum Gasteiger partial charge on any atom is -0.497 e. The van der Waals surface area contributed by atoms with E-state index in [4.69, 9.17) is 16.3 Å². The molecule has 27 heavy (non-hydrogen) atoms. The van der Waals surface area contributed by atoms with E-state index >= 15 is 0 Å². The van der Waals surface area contributed by atoms with Crippen LogP contribution < -0.4 is 15.4 Å². The molecule has 0 unspecified atom stereocenters. The molecule has 1 amide bonds. The average Bonchev–Trinajstić information content (AvgIpc) is 2.69. The van der Waals surface area contributed by atoms with Crippen LogP contribution in [0.1, 0.15) is 11.1 Å². The largest absolute Gasteiger partial charge is 0.497 e. The van der Waals surface area contributed by atoms with Crippen LogP contribution >= 0.6 is 11.6 Å². The zero-order valence-corrected chi connectivity index (χ0v) is 15.7. The number of methoxy groups -OCH3 is 1. The number of hydrogen-bond donors (Lipinski definition) is 2. The molecule has 5 nitrogen and oxygen atoms in total. The Morgan fingerprint density at radius 2 is 1.70 bits per heavy atom. The minimum atomic E-state index is -0.0990. The molecule has 2 aromatic carbocycles. The molecule has 3 rings (SSSR count). The molecule has 1 aromatic heterocycles. The number of anilines is 2. The van der Waals surface area contributed by atoms with Gasteiger partial charge in [0.1, 0.15) is 11.6 Å². The molecule has 3 aromatic rings. The number of benzene rings is 2. The third kappa shape index (κ3) is 5.72. The lowest BCUT2D eigenvalue weighted by Gasteiger charge is -2.09. The van der Waals surface area contributed by atoms with Gasteiger partial charge in [-0.1, -0.05) is 35.9 Å². The Labute approximate surface area is 163 Å². The van der Waals surface area contributed by atoms with E-state index in [0.29, 0.717) is 17.3 Å². The Bertz CT molecular complexity index is 879. The summed E-state index contributed by atoms with van der Waals surface area (Å²) >= 11 is 5.85. The quantitative estimate of drug-likeness (QED) is 0.630. The number of amides is 1. The molecule has 0 aliphatic rings. The summed E-state index contributed by atoms with van der Waals surface area (Å²) in [4.78, 5) is 16.4. The van der Waals surface area contributed by atoms with Crippen LogP contribution in [0.5, 0.6) is 5.75 Å². The third-order valence-electron chi connectivity index (χ3n) is 3.96. The van der Waals surface area contributed by atoms with Gasteiger partial charge in [-0.3, -0.25) is 4.79 Å². The van der Waals surface area contributed by atoms with Crippen molar-refractivity contribution in [2.24, 2.45) is 0 Å². The number of hydrogen-bond acceptors (Lipinski definition) is 4. The molecule has 0 atom stereocenters. The van der Waals surface area contributed by atoms with Gasteiger partial charge in [0, 0.05) is 11.6 Å². The van der Waals surface area contributed by atoms with Gasteiger partial charge < -0.3 is 15.4 Å². The number of carbonyl (C=O) groups is 1. The number of ether oxygens (including phenoxy) is 1. The number of pyridine rings is 1. The predicted molar refractivity (Wildman–Crippen MR) is 108 cm³/mol. The van der Waals surface area contributed by atoms with Crippen molar-refractivity contribution in [1.82, 2.24) is 4.98 Å². The Balaban J connectivity index is 1.50. The van der Waals surface area contributed by atoms with Crippen molar-refractivity contribution >= 4 is 29.0 Å². The Kier molecular flexibility index (Phi) is 6.28. The molecule has 1 heterocycles.